The Bertz CT molecular complexity index is 1030. The summed E-state index contributed by atoms with van der Waals surface area (Å²) in [5.74, 6) is -1.18. The molecule has 0 aliphatic heterocycles. The SMILES string of the molecule is CC(C)C[C@@H](NC(=O)C1CCC(Cn2c(=O)[nH]c3ccccc3c2=O)CC1)C(=O)O. The third-order valence-electron chi connectivity index (χ3n) is 5.87. The summed E-state index contributed by atoms with van der Waals surface area (Å²) < 4.78 is 1.25. The molecule has 8 nitrogen and oxygen atoms in total. The second-order valence-corrected chi connectivity index (χ2v) is 8.64. The number of aromatic nitrogens is 2. The van der Waals surface area contributed by atoms with E-state index in [1.807, 2.05) is 13.8 Å². The number of benzene rings is 1. The summed E-state index contributed by atoms with van der Waals surface area (Å²) in [6.07, 6.45) is 3.04. The highest BCUT2D eigenvalue weighted by Gasteiger charge is 2.30. The molecule has 1 aromatic carbocycles. The Kier molecular flexibility index (Phi) is 6.74. The molecule has 3 rings (SSSR count). The summed E-state index contributed by atoms with van der Waals surface area (Å²) >= 11 is 0. The molecule has 1 atom stereocenters. The number of hydrogen-bond donors (Lipinski definition) is 3. The minimum absolute atomic E-state index is 0.125. The lowest BCUT2D eigenvalue weighted by Crippen LogP contribution is -2.45. The van der Waals surface area contributed by atoms with Gasteiger partial charge >= 0.3 is 11.7 Å². The molecule has 0 saturated heterocycles. The predicted molar refractivity (Wildman–Crippen MR) is 113 cm³/mol. The number of rotatable bonds is 7. The number of para-hydroxylation sites is 1. The quantitative estimate of drug-likeness (QED) is 0.639. The van der Waals surface area contributed by atoms with Gasteiger partial charge in [-0.15, -0.1) is 0 Å². The van der Waals surface area contributed by atoms with Crippen LogP contribution in [0.25, 0.3) is 10.9 Å². The largest absolute Gasteiger partial charge is 0.480 e. The molecule has 3 N–H and O–H groups in total. The van der Waals surface area contributed by atoms with Crippen LogP contribution < -0.4 is 16.6 Å². The molecule has 8 heteroatoms. The van der Waals surface area contributed by atoms with Crippen LogP contribution in [0.1, 0.15) is 46.0 Å². The van der Waals surface area contributed by atoms with Crippen molar-refractivity contribution in [2.24, 2.45) is 17.8 Å². The number of carboxylic acids is 1. The fraction of sp³-hybridized carbons (Fsp3) is 0.545. The minimum Gasteiger partial charge on any atom is -0.480 e. The monoisotopic (exact) mass is 415 g/mol. The maximum atomic E-state index is 12.7. The molecule has 0 unspecified atom stereocenters. The zero-order valence-corrected chi connectivity index (χ0v) is 17.4. The highest BCUT2D eigenvalue weighted by Crippen LogP contribution is 2.30. The van der Waals surface area contributed by atoms with E-state index in [1.165, 1.54) is 4.57 Å². The zero-order valence-electron chi connectivity index (χ0n) is 17.4. The molecule has 1 saturated carbocycles. The van der Waals surface area contributed by atoms with Gasteiger partial charge in [0.1, 0.15) is 6.04 Å². The molecule has 30 heavy (non-hydrogen) atoms. The van der Waals surface area contributed by atoms with Crippen molar-refractivity contribution in [2.45, 2.75) is 58.5 Å². The number of carbonyl (C=O) groups is 2. The van der Waals surface area contributed by atoms with E-state index in [-0.39, 0.29) is 29.2 Å². The van der Waals surface area contributed by atoms with Crippen molar-refractivity contribution in [3.63, 3.8) is 0 Å². The molecule has 0 radical (unpaired) electrons. The van der Waals surface area contributed by atoms with Gasteiger partial charge in [0.15, 0.2) is 0 Å². The van der Waals surface area contributed by atoms with Crippen LogP contribution in [0, 0.1) is 17.8 Å². The molecule has 1 heterocycles. The maximum absolute atomic E-state index is 12.7. The van der Waals surface area contributed by atoms with E-state index in [9.17, 15) is 24.3 Å². The van der Waals surface area contributed by atoms with Gasteiger partial charge in [0.25, 0.3) is 5.56 Å². The number of nitrogens with one attached hydrogen (secondary N) is 2. The van der Waals surface area contributed by atoms with E-state index < -0.39 is 17.7 Å². The van der Waals surface area contributed by atoms with E-state index in [0.29, 0.717) is 49.6 Å². The highest BCUT2D eigenvalue weighted by molar-refractivity contribution is 5.85. The normalized spacial score (nSPS) is 20.2. The lowest BCUT2D eigenvalue weighted by molar-refractivity contribution is -0.143. The smallest absolute Gasteiger partial charge is 0.328 e. The Balaban J connectivity index is 1.62. The average molecular weight is 415 g/mol. The van der Waals surface area contributed by atoms with Crippen molar-refractivity contribution < 1.29 is 14.7 Å². The van der Waals surface area contributed by atoms with Gasteiger partial charge in [-0.1, -0.05) is 26.0 Å². The third kappa shape index (κ3) is 4.98. The zero-order chi connectivity index (χ0) is 21.8. The van der Waals surface area contributed by atoms with Crippen LogP contribution in [0.15, 0.2) is 33.9 Å². The van der Waals surface area contributed by atoms with Crippen LogP contribution in [-0.4, -0.2) is 32.6 Å². The third-order valence-corrected chi connectivity index (χ3v) is 5.87. The Hall–Kier alpha value is -2.90. The number of H-pyrrole nitrogens is 1. The van der Waals surface area contributed by atoms with Crippen LogP contribution in [0.4, 0.5) is 0 Å². The van der Waals surface area contributed by atoms with Gasteiger partial charge in [-0.3, -0.25) is 14.2 Å². The van der Waals surface area contributed by atoms with E-state index in [1.54, 1.807) is 24.3 Å². The summed E-state index contributed by atoms with van der Waals surface area (Å²) in [6, 6.07) is 6.06. The highest BCUT2D eigenvalue weighted by atomic mass is 16.4. The van der Waals surface area contributed by atoms with Gasteiger partial charge in [0, 0.05) is 12.5 Å². The van der Waals surface area contributed by atoms with Crippen LogP contribution in [0.3, 0.4) is 0 Å². The summed E-state index contributed by atoms with van der Waals surface area (Å²) in [6.45, 7) is 4.16. The van der Waals surface area contributed by atoms with E-state index in [2.05, 4.69) is 10.3 Å². The Morgan fingerprint density at radius 3 is 2.47 bits per heavy atom. The number of hydrogen-bond acceptors (Lipinski definition) is 4. The van der Waals surface area contributed by atoms with Gasteiger partial charge in [-0.2, -0.15) is 0 Å². The number of nitrogens with zero attached hydrogens (tertiary/aromatic N) is 1. The molecular formula is C22H29N3O5. The maximum Gasteiger partial charge on any atom is 0.328 e. The Morgan fingerprint density at radius 1 is 1.17 bits per heavy atom. The lowest BCUT2D eigenvalue weighted by atomic mass is 9.81. The molecule has 162 valence electrons. The van der Waals surface area contributed by atoms with E-state index >= 15 is 0 Å². The number of carboxylic acid groups (broad SMARTS) is 1. The van der Waals surface area contributed by atoms with Crippen LogP contribution >= 0.6 is 0 Å². The van der Waals surface area contributed by atoms with Crippen molar-refractivity contribution in [3.05, 3.63) is 45.1 Å². The Labute approximate surface area is 174 Å². The van der Waals surface area contributed by atoms with Crippen LogP contribution in [0.5, 0.6) is 0 Å². The van der Waals surface area contributed by atoms with Crippen molar-refractivity contribution in [1.29, 1.82) is 0 Å². The Morgan fingerprint density at radius 2 is 1.83 bits per heavy atom. The molecule has 1 aromatic heterocycles. The lowest BCUT2D eigenvalue weighted by Gasteiger charge is -2.29. The van der Waals surface area contributed by atoms with Crippen molar-refractivity contribution in [1.82, 2.24) is 14.9 Å². The first-order valence-corrected chi connectivity index (χ1v) is 10.5. The molecule has 1 fully saturated rings. The van der Waals surface area contributed by atoms with Crippen molar-refractivity contribution in [3.8, 4) is 0 Å². The van der Waals surface area contributed by atoms with Gasteiger partial charge in [-0.05, 0) is 56.1 Å². The van der Waals surface area contributed by atoms with E-state index in [0.717, 1.165) is 0 Å². The number of aromatic amines is 1. The van der Waals surface area contributed by atoms with Gasteiger partial charge < -0.3 is 15.4 Å². The number of fused-ring (bicyclic) bond motifs is 1. The summed E-state index contributed by atoms with van der Waals surface area (Å²) in [4.78, 5) is 51.7. The molecule has 1 aliphatic carbocycles. The molecule has 0 bridgehead atoms. The first kappa shape index (κ1) is 21.8. The summed E-state index contributed by atoms with van der Waals surface area (Å²) in [7, 11) is 0. The standard InChI is InChI=1S/C22H29N3O5/c1-13(2)11-18(21(28)29)23-19(26)15-9-7-14(8-10-15)12-25-20(27)16-5-3-4-6-17(16)24-22(25)30/h3-6,13-15,18H,7-12H2,1-2H3,(H,23,26)(H,24,30)(H,28,29)/t14?,15?,18-/m1/s1. The van der Waals surface area contributed by atoms with Crippen molar-refractivity contribution in [2.75, 3.05) is 0 Å². The molecule has 0 spiro atoms. The van der Waals surface area contributed by atoms with Crippen LogP contribution in [0.2, 0.25) is 0 Å². The first-order valence-electron chi connectivity index (χ1n) is 10.5. The van der Waals surface area contributed by atoms with Crippen LogP contribution in [-0.2, 0) is 16.1 Å². The molecule has 2 aromatic rings. The summed E-state index contributed by atoms with van der Waals surface area (Å²) in [5, 5.41) is 12.5. The number of amides is 1. The molecular weight excluding hydrogens is 386 g/mol. The van der Waals surface area contributed by atoms with Crippen molar-refractivity contribution >= 4 is 22.8 Å². The fourth-order valence-corrected chi connectivity index (χ4v) is 4.21. The minimum atomic E-state index is -1.01. The first-order chi connectivity index (χ1) is 14.3. The molecule has 1 amide bonds. The van der Waals surface area contributed by atoms with E-state index in [4.69, 9.17) is 0 Å². The topological polar surface area (TPSA) is 121 Å². The van der Waals surface area contributed by atoms with Gasteiger partial charge in [0.05, 0.1) is 10.9 Å². The second-order valence-electron chi connectivity index (χ2n) is 8.64. The van der Waals surface area contributed by atoms with Gasteiger partial charge in [0.2, 0.25) is 5.91 Å². The number of carbonyl (C=O) groups excluding carboxylic acids is 1. The summed E-state index contributed by atoms with van der Waals surface area (Å²) in [5.41, 5.74) is -0.192. The van der Waals surface area contributed by atoms with Gasteiger partial charge in [-0.25, -0.2) is 9.59 Å². The second kappa shape index (κ2) is 9.28. The number of aliphatic carboxylic acids is 1. The average Bonchev–Trinajstić information content (AvgIpc) is 2.70. The fourth-order valence-electron chi connectivity index (χ4n) is 4.21. The molecule has 1 aliphatic rings. The predicted octanol–water partition coefficient (Wildman–Crippen LogP) is 2.11.